The molecule has 2 aromatic rings. The van der Waals surface area contributed by atoms with Gasteiger partial charge in [0.15, 0.2) is 11.5 Å². The van der Waals surface area contributed by atoms with Crippen LogP contribution in [-0.4, -0.2) is 40.1 Å². The van der Waals surface area contributed by atoms with Crippen LogP contribution < -0.4 is 0 Å². The summed E-state index contributed by atoms with van der Waals surface area (Å²) in [5.41, 5.74) is 0.867. The number of carboxylic acid groups (broad SMARTS) is 1. The smallest absolute Gasteiger partial charge is 0.305 e. The molecule has 0 bridgehead atoms. The number of carbonyl (C=O) groups excluding carboxylic acids is 1. The van der Waals surface area contributed by atoms with Gasteiger partial charge < -0.3 is 14.5 Å². The molecule has 0 aliphatic carbocycles. The second-order valence-corrected chi connectivity index (χ2v) is 6.31. The highest BCUT2D eigenvalue weighted by Gasteiger charge is 2.22. The molecule has 1 N–H and O–H groups in total. The summed E-state index contributed by atoms with van der Waals surface area (Å²) in [5.74, 6) is -0.649. The Labute approximate surface area is 145 Å². The first-order valence-corrected chi connectivity index (χ1v) is 7.98. The molecule has 0 unspecified atom stereocenters. The van der Waals surface area contributed by atoms with E-state index in [1.165, 1.54) is 4.90 Å². The van der Waals surface area contributed by atoms with Gasteiger partial charge in [0.05, 0.1) is 6.42 Å². The number of nitrogens with zero attached hydrogens (tertiary/aromatic N) is 2. The molecule has 0 aliphatic heterocycles. The molecule has 0 saturated carbocycles. The van der Waals surface area contributed by atoms with E-state index in [1.54, 1.807) is 30.3 Å². The van der Waals surface area contributed by atoms with Crippen molar-refractivity contribution in [1.82, 2.24) is 10.1 Å². The van der Waals surface area contributed by atoms with Crippen LogP contribution in [-0.2, 0) is 4.79 Å². The number of hydrogen-bond acceptors (Lipinski definition) is 4. The van der Waals surface area contributed by atoms with Gasteiger partial charge >= 0.3 is 5.97 Å². The average Bonchev–Trinajstić information content (AvgIpc) is 3.00. The highest BCUT2D eigenvalue weighted by Crippen LogP contribution is 2.24. The Morgan fingerprint density at radius 3 is 2.71 bits per heavy atom. The minimum atomic E-state index is -0.948. The molecule has 1 aromatic carbocycles. The van der Waals surface area contributed by atoms with Gasteiger partial charge in [0, 0.05) is 29.7 Å². The molecule has 0 atom stereocenters. The van der Waals surface area contributed by atoms with E-state index in [0.29, 0.717) is 17.3 Å². The third-order valence-corrected chi connectivity index (χ3v) is 3.54. The zero-order valence-electron chi connectivity index (χ0n) is 13.5. The van der Waals surface area contributed by atoms with Crippen LogP contribution in [0, 0.1) is 5.92 Å². The summed E-state index contributed by atoms with van der Waals surface area (Å²) < 4.78 is 5.24. The molecule has 128 valence electrons. The van der Waals surface area contributed by atoms with Gasteiger partial charge in [-0.05, 0) is 18.1 Å². The van der Waals surface area contributed by atoms with E-state index in [0.717, 1.165) is 5.56 Å². The van der Waals surface area contributed by atoms with Crippen LogP contribution in [0.15, 0.2) is 34.9 Å². The zero-order chi connectivity index (χ0) is 17.7. The van der Waals surface area contributed by atoms with Crippen molar-refractivity contribution in [2.45, 2.75) is 20.3 Å². The number of rotatable bonds is 7. The molecular formula is C17H19ClN2O4. The van der Waals surface area contributed by atoms with Crippen LogP contribution in [0.25, 0.3) is 11.3 Å². The van der Waals surface area contributed by atoms with Crippen LogP contribution >= 0.6 is 11.6 Å². The first-order chi connectivity index (χ1) is 11.4. The number of benzene rings is 1. The third-order valence-electron chi connectivity index (χ3n) is 3.31. The van der Waals surface area contributed by atoms with E-state index < -0.39 is 5.97 Å². The van der Waals surface area contributed by atoms with Crippen molar-refractivity contribution < 1.29 is 19.2 Å². The number of halogens is 1. The lowest BCUT2D eigenvalue weighted by Gasteiger charge is -2.22. The highest BCUT2D eigenvalue weighted by molar-refractivity contribution is 6.30. The summed E-state index contributed by atoms with van der Waals surface area (Å²) in [6, 6.07) is 8.58. The summed E-state index contributed by atoms with van der Waals surface area (Å²) in [4.78, 5) is 24.9. The van der Waals surface area contributed by atoms with Crippen LogP contribution in [0.4, 0.5) is 0 Å². The highest BCUT2D eigenvalue weighted by atomic mass is 35.5. The summed E-state index contributed by atoms with van der Waals surface area (Å²) >= 11 is 5.95. The average molecular weight is 351 g/mol. The second kappa shape index (κ2) is 7.97. The van der Waals surface area contributed by atoms with Crippen molar-refractivity contribution in [1.29, 1.82) is 0 Å². The predicted molar refractivity (Wildman–Crippen MR) is 89.9 cm³/mol. The van der Waals surface area contributed by atoms with Gasteiger partial charge in [0.2, 0.25) is 0 Å². The molecule has 0 aliphatic rings. The van der Waals surface area contributed by atoms with Gasteiger partial charge in [-0.15, -0.1) is 0 Å². The van der Waals surface area contributed by atoms with Gasteiger partial charge in [0.1, 0.15) is 0 Å². The van der Waals surface area contributed by atoms with E-state index in [1.807, 2.05) is 13.8 Å². The number of hydrogen-bond donors (Lipinski definition) is 1. The lowest BCUT2D eigenvalue weighted by atomic mass is 10.1. The number of amides is 1. The summed E-state index contributed by atoms with van der Waals surface area (Å²) in [6.07, 6.45) is -0.114. The molecular weight excluding hydrogens is 332 g/mol. The largest absolute Gasteiger partial charge is 0.481 e. The quantitative estimate of drug-likeness (QED) is 0.825. The Morgan fingerprint density at radius 1 is 1.33 bits per heavy atom. The SMILES string of the molecule is CC(C)CN(CCC(=O)O)C(=O)c1cc(-c2cccc(Cl)c2)on1. The lowest BCUT2D eigenvalue weighted by molar-refractivity contribution is -0.137. The van der Waals surface area contributed by atoms with Gasteiger partial charge in [-0.2, -0.15) is 0 Å². The molecule has 1 aromatic heterocycles. The molecule has 0 fully saturated rings. The maximum absolute atomic E-state index is 12.6. The fraction of sp³-hybridized carbons (Fsp3) is 0.353. The van der Waals surface area contributed by atoms with Crippen molar-refractivity contribution in [2.75, 3.05) is 13.1 Å². The van der Waals surface area contributed by atoms with E-state index in [9.17, 15) is 9.59 Å². The van der Waals surface area contributed by atoms with Crippen molar-refractivity contribution in [3.05, 3.63) is 41.0 Å². The van der Waals surface area contributed by atoms with E-state index >= 15 is 0 Å². The Morgan fingerprint density at radius 2 is 2.08 bits per heavy atom. The van der Waals surface area contributed by atoms with Crippen LogP contribution in [0.3, 0.4) is 0 Å². The van der Waals surface area contributed by atoms with E-state index in [-0.39, 0.29) is 30.5 Å². The first-order valence-electron chi connectivity index (χ1n) is 7.60. The van der Waals surface area contributed by atoms with Crippen LogP contribution in [0.1, 0.15) is 30.8 Å². The van der Waals surface area contributed by atoms with E-state index in [2.05, 4.69) is 5.16 Å². The minimum absolute atomic E-state index is 0.114. The van der Waals surface area contributed by atoms with Crippen molar-refractivity contribution in [3.63, 3.8) is 0 Å². The topological polar surface area (TPSA) is 83.6 Å². The number of carbonyl (C=O) groups is 2. The van der Waals surface area contributed by atoms with Crippen molar-refractivity contribution in [2.24, 2.45) is 5.92 Å². The third kappa shape index (κ3) is 4.83. The van der Waals surface area contributed by atoms with Gasteiger partial charge in [0.25, 0.3) is 5.91 Å². The molecule has 0 spiro atoms. The van der Waals surface area contributed by atoms with Crippen molar-refractivity contribution in [3.8, 4) is 11.3 Å². The first kappa shape index (κ1) is 18.0. The fourth-order valence-electron chi connectivity index (χ4n) is 2.26. The molecule has 24 heavy (non-hydrogen) atoms. The maximum Gasteiger partial charge on any atom is 0.305 e. The maximum atomic E-state index is 12.6. The number of aromatic nitrogens is 1. The van der Waals surface area contributed by atoms with Crippen LogP contribution in [0.5, 0.6) is 0 Å². The van der Waals surface area contributed by atoms with Crippen LogP contribution in [0.2, 0.25) is 5.02 Å². The second-order valence-electron chi connectivity index (χ2n) is 5.88. The summed E-state index contributed by atoms with van der Waals surface area (Å²) in [7, 11) is 0. The Bertz CT molecular complexity index is 727. The van der Waals surface area contributed by atoms with Gasteiger partial charge in [-0.3, -0.25) is 9.59 Å². The summed E-state index contributed by atoms with van der Waals surface area (Å²) in [5, 5.41) is 13.2. The Hall–Kier alpha value is -2.34. The van der Waals surface area contributed by atoms with Crippen molar-refractivity contribution >= 4 is 23.5 Å². The Kier molecular flexibility index (Phi) is 5.98. The molecule has 2 rings (SSSR count). The molecule has 1 amide bonds. The number of aliphatic carboxylic acids is 1. The van der Waals surface area contributed by atoms with Gasteiger partial charge in [-0.1, -0.05) is 42.7 Å². The summed E-state index contributed by atoms with van der Waals surface area (Å²) in [6.45, 7) is 4.50. The molecule has 6 nitrogen and oxygen atoms in total. The lowest BCUT2D eigenvalue weighted by Crippen LogP contribution is -2.36. The fourth-order valence-corrected chi connectivity index (χ4v) is 2.45. The number of carboxylic acids is 1. The van der Waals surface area contributed by atoms with Gasteiger partial charge in [-0.25, -0.2) is 0 Å². The normalized spacial score (nSPS) is 10.8. The minimum Gasteiger partial charge on any atom is -0.481 e. The molecule has 0 saturated heterocycles. The zero-order valence-corrected chi connectivity index (χ0v) is 14.3. The molecule has 7 heteroatoms. The monoisotopic (exact) mass is 350 g/mol. The standard InChI is InChI=1S/C17H19ClN2O4/c1-11(2)10-20(7-6-16(21)22)17(23)14-9-15(24-19-14)12-4-3-5-13(18)8-12/h3-5,8-9,11H,6-7,10H2,1-2H3,(H,21,22). The molecule has 1 heterocycles. The Balaban J connectivity index is 2.19. The molecule has 0 radical (unpaired) electrons. The predicted octanol–water partition coefficient (Wildman–Crippen LogP) is 3.57. The van der Waals surface area contributed by atoms with E-state index in [4.69, 9.17) is 21.2 Å².